The van der Waals surface area contributed by atoms with Crippen molar-refractivity contribution in [2.75, 3.05) is 18.1 Å². The quantitative estimate of drug-likeness (QED) is 0.791. The molecule has 0 saturated heterocycles. The Balaban J connectivity index is 2.15. The minimum atomic E-state index is -0.183. The number of carbonyl (C=O) groups is 1. The zero-order valence-corrected chi connectivity index (χ0v) is 12.3. The Morgan fingerprint density at radius 3 is 2.65 bits per heavy atom. The van der Waals surface area contributed by atoms with E-state index in [2.05, 4.69) is 15.6 Å². The van der Waals surface area contributed by atoms with Crippen LogP contribution in [0.3, 0.4) is 0 Å². The molecule has 1 atom stereocenters. The van der Waals surface area contributed by atoms with Gasteiger partial charge in [-0.25, -0.2) is 4.98 Å². The maximum absolute atomic E-state index is 12.3. The highest BCUT2D eigenvalue weighted by molar-refractivity contribution is 7.18. The topological polar surface area (TPSA) is 80.0 Å². The first kappa shape index (κ1) is 14.3. The number of rotatable bonds is 5. The van der Waals surface area contributed by atoms with Crippen LogP contribution in [0.2, 0.25) is 0 Å². The highest BCUT2D eigenvalue weighted by atomic mass is 32.1. The Labute approximate surface area is 122 Å². The molecule has 0 spiro atoms. The van der Waals surface area contributed by atoms with Gasteiger partial charge < -0.3 is 16.4 Å². The highest BCUT2D eigenvalue weighted by Gasteiger charge is 2.19. The lowest BCUT2D eigenvalue weighted by Crippen LogP contribution is -2.28. The van der Waals surface area contributed by atoms with Crippen molar-refractivity contribution in [2.45, 2.75) is 19.4 Å². The van der Waals surface area contributed by atoms with Crippen LogP contribution < -0.4 is 16.4 Å². The summed E-state index contributed by atoms with van der Waals surface area (Å²) < 4.78 is 0. The smallest absolute Gasteiger partial charge is 0.265 e. The number of thiazole rings is 1. The molecule has 0 radical (unpaired) electrons. The van der Waals surface area contributed by atoms with Crippen molar-refractivity contribution in [2.24, 2.45) is 0 Å². The number of carbonyl (C=O) groups excluding carboxylic acids is 1. The van der Waals surface area contributed by atoms with Crippen LogP contribution >= 0.6 is 11.3 Å². The van der Waals surface area contributed by atoms with Crippen LogP contribution in [0.4, 0.5) is 10.9 Å². The number of hydrogen-bond donors (Lipinski definition) is 3. The third kappa shape index (κ3) is 3.08. The molecule has 0 aliphatic rings. The van der Waals surface area contributed by atoms with Gasteiger partial charge in [-0.3, -0.25) is 4.79 Å². The molecule has 4 N–H and O–H groups in total. The van der Waals surface area contributed by atoms with Crippen LogP contribution in [0.5, 0.6) is 0 Å². The first-order valence-electron chi connectivity index (χ1n) is 6.45. The van der Waals surface area contributed by atoms with Crippen molar-refractivity contribution < 1.29 is 4.79 Å². The average molecular weight is 290 g/mol. The van der Waals surface area contributed by atoms with Crippen LogP contribution in [-0.2, 0) is 0 Å². The fourth-order valence-corrected chi connectivity index (χ4v) is 2.67. The molecule has 6 heteroatoms. The second kappa shape index (κ2) is 6.38. The van der Waals surface area contributed by atoms with Crippen molar-refractivity contribution in [1.29, 1.82) is 0 Å². The van der Waals surface area contributed by atoms with Gasteiger partial charge in [-0.1, -0.05) is 48.6 Å². The number of nitrogens with one attached hydrogen (secondary N) is 2. The van der Waals surface area contributed by atoms with E-state index in [4.69, 9.17) is 5.73 Å². The number of benzene rings is 1. The summed E-state index contributed by atoms with van der Waals surface area (Å²) in [5.41, 5.74) is 6.86. The summed E-state index contributed by atoms with van der Waals surface area (Å²) in [7, 11) is 1.75. The number of nitrogens with zero attached hydrogens (tertiary/aromatic N) is 1. The van der Waals surface area contributed by atoms with E-state index in [1.54, 1.807) is 7.05 Å². The van der Waals surface area contributed by atoms with Crippen molar-refractivity contribution in [1.82, 2.24) is 10.3 Å². The van der Waals surface area contributed by atoms with E-state index in [-0.39, 0.29) is 17.8 Å². The van der Waals surface area contributed by atoms with E-state index in [0.717, 1.165) is 12.0 Å². The van der Waals surface area contributed by atoms with Gasteiger partial charge in [0.05, 0.1) is 6.04 Å². The summed E-state index contributed by atoms with van der Waals surface area (Å²) in [4.78, 5) is 16.8. The molecule has 106 valence electrons. The maximum Gasteiger partial charge on any atom is 0.265 e. The monoisotopic (exact) mass is 290 g/mol. The van der Waals surface area contributed by atoms with Gasteiger partial charge in [-0.15, -0.1) is 0 Å². The second-order valence-electron chi connectivity index (χ2n) is 4.33. The molecule has 2 rings (SSSR count). The average Bonchev–Trinajstić information content (AvgIpc) is 2.86. The number of aromatic nitrogens is 1. The molecule has 1 amide bonds. The third-order valence-electron chi connectivity index (χ3n) is 2.99. The predicted octanol–water partition coefficient (Wildman–Crippen LogP) is 2.65. The van der Waals surface area contributed by atoms with E-state index in [1.807, 2.05) is 37.3 Å². The molecule has 1 heterocycles. The van der Waals surface area contributed by atoms with Crippen LogP contribution in [-0.4, -0.2) is 17.9 Å². The molecular weight excluding hydrogens is 272 g/mol. The number of hydrogen-bond acceptors (Lipinski definition) is 5. The Kier molecular flexibility index (Phi) is 4.57. The van der Waals surface area contributed by atoms with Gasteiger partial charge in [-0.2, -0.15) is 0 Å². The molecule has 1 aromatic carbocycles. The Hall–Kier alpha value is -2.08. The van der Waals surface area contributed by atoms with Crippen LogP contribution in [0.25, 0.3) is 0 Å². The lowest BCUT2D eigenvalue weighted by atomic mass is 10.0. The summed E-state index contributed by atoms with van der Waals surface area (Å²) in [5.74, 6) is 0.0805. The fourth-order valence-electron chi connectivity index (χ4n) is 1.93. The molecule has 1 unspecified atom stereocenters. The van der Waals surface area contributed by atoms with E-state index in [0.29, 0.717) is 10.0 Å². The van der Waals surface area contributed by atoms with Gasteiger partial charge in [0.1, 0.15) is 10.7 Å². The molecular formula is C14H18N4OS. The zero-order valence-electron chi connectivity index (χ0n) is 11.5. The van der Waals surface area contributed by atoms with Gasteiger partial charge >= 0.3 is 0 Å². The summed E-state index contributed by atoms with van der Waals surface area (Å²) in [6.07, 6.45) is 0.813. The Morgan fingerprint density at radius 2 is 2.10 bits per heavy atom. The van der Waals surface area contributed by atoms with E-state index < -0.39 is 0 Å². The second-order valence-corrected chi connectivity index (χ2v) is 5.33. The van der Waals surface area contributed by atoms with Crippen LogP contribution in [0.1, 0.15) is 34.6 Å². The summed E-state index contributed by atoms with van der Waals surface area (Å²) >= 11 is 1.26. The largest absolute Gasteiger partial charge is 0.382 e. The molecule has 20 heavy (non-hydrogen) atoms. The minimum absolute atomic E-state index is 0.0248. The highest BCUT2D eigenvalue weighted by Crippen LogP contribution is 2.25. The van der Waals surface area contributed by atoms with Crippen molar-refractivity contribution in [3.63, 3.8) is 0 Å². The third-order valence-corrected chi connectivity index (χ3v) is 4.08. The standard InChI is InChI=1S/C14H18N4OS/c1-3-10(9-7-5-4-6-8-9)17-13(19)11-12(15)18-14(16-2)20-11/h4-8,10H,3,15H2,1-2H3,(H,16,18)(H,17,19). The van der Waals surface area contributed by atoms with Crippen molar-refractivity contribution in [3.05, 3.63) is 40.8 Å². The lowest BCUT2D eigenvalue weighted by molar-refractivity contribution is 0.0940. The zero-order chi connectivity index (χ0) is 14.5. The molecule has 0 aliphatic heterocycles. The van der Waals surface area contributed by atoms with E-state index >= 15 is 0 Å². The fraction of sp³-hybridized carbons (Fsp3) is 0.286. The first-order chi connectivity index (χ1) is 9.65. The van der Waals surface area contributed by atoms with Crippen LogP contribution in [0.15, 0.2) is 30.3 Å². The number of nitrogen functional groups attached to an aromatic ring is 1. The Bertz CT molecular complexity index is 582. The number of anilines is 2. The molecule has 2 aromatic rings. The molecule has 0 bridgehead atoms. The molecule has 0 saturated carbocycles. The van der Waals surface area contributed by atoms with Crippen LogP contribution in [0, 0.1) is 0 Å². The van der Waals surface area contributed by atoms with Gasteiger partial charge in [0.25, 0.3) is 5.91 Å². The normalized spacial score (nSPS) is 11.9. The summed E-state index contributed by atoms with van der Waals surface area (Å²) in [5, 5.41) is 6.53. The minimum Gasteiger partial charge on any atom is -0.382 e. The Morgan fingerprint density at radius 1 is 1.40 bits per heavy atom. The molecule has 0 fully saturated rings. The van der Waals surface area contributed by atoms with Crippen molar-refractivity contribution in [3.8, 4) is 0 Å². The first-order valence-corrected chi connectivity index (χ1v) is 7.27. The van der Waals surface area contributed by atoms with Crippen molar-refractivity contribution >= 4 is 28.2 Å². The van der Waals surface area contributed by atoms with E-state index in [9.17, 15) is 4.79 Å². The van der Waals surface area contributed by atoms with Gasteiger partial charge in [0, 0.05) is 7.05 Å². The van der Waals surface area contributed by atoms with E-state index in [1.165, 1.54) is 11.3 Å². The maximum atomic E-state index is 12.3. The summed E-state index contributed by atoms with van der Waals surface area (Å²) in [6.45, 7) is 2.03. The summed E-state index contributed by atoms with van der Waals surface area (Å²) in [6, 6.07) is 9.86. The lowest BCUT2D eigenvalue weighted by Gasteiger charge is -2.16. The van der Waals surface area contributed by atoms with Gasteiger partial charge in [0.15, 0.2) is 5.13 Å². The molecule has 5 nitrogen and oxygen atoms in total. The number of amides is 1. The number of nitrogens with two attached hydrogens (primary N) is 1. The van der Waals surface area contributed by atoms with Gasteiger partial charge in [0.2, 0.25) is 0 Å². The predicted molar refractivity (Wildman–Crippen MR) is 83.0 cm³/mol. The molecule has 0 aliphatic carbocycles. The van der Waals surface area contributed by atoms with Gasteiger partial charge in [-0.05, 0) is 12.0 Å². The molecule has 1 aromatic heterocycles. The SMILES string of the molecule is CCC(NC(=O)c1sc(NC)nc1N)c1ccccc1.